The van der Waals surface area contributed by atoms with Gasteiger partial charge in [0.15, 0.2) is 5.76 Å². The summed E-state index contributed by atoms with van der Waals surface area (Å²) in [5.74, 6) is -1.99. The Morgan fingerprint density at radius 3 is 2.00 bits per heavy atom. The molecule has 0 amide bonds. The Balaban J connectivity index is 2.09. The van der Waals surface area contributed by atoms with Crippen LogP contribution in [0.4, 0.5) is 0 Å². The van der Waals surface area contributed by atoms with Gasteiger partial charge in [-0.25, -0.2) is 0 Å². The summed E-state index contributed by atoms with van der Waals surface area (Å²) in [6.45, 7) is 0. The molecule has 3 heteroatoms. The molecule has 0 unspecified atom stereocenters. The fourth-order valence-corrected chi connectivity index (χ4v) is 2.78. The fraction of sp³-hybridized carbons (Fsp3) is 0. The predicted octanol–water partition coefficient (Wildman–Crippen LogP) is 3.66. The molecule has 0 saturated heterocycles. The van der Waals surface area contributed by atoms with Gasteiger partial charge in [-0.2, -0.15) is 0 Å². The lowest BCUT2D eigenvalue weighted by Gasteiger charge is -2.12. The summed E-state index contributed by atoms with van der Waals surface area (Å²) in [6, 6.07) is 15.6. The van der Waals surface area contributed by atoms with Crippen LogP contribution < -0.4 is 0 Å². The van der Waals surface area contributed by atoms with Gasteiger partial charge < -0.3 is 5.11 Å². The van der Waals surface area contributed by atoms with Gasteiger partial charge in [-0.05, 0) is 57.4 Å². The van der Waals surface area contributed by atoms with Crippen LogP contribution in [0.1, 0.15) is 15.9 Å². The van der Waals surface area contributed by atoms with E-state index in [-0.39, 0.29) is 0 Å². The van der Waals surface area contributed by atoms with Crippen LogP contribution in [0.15, 0.2) is 54.3 Å². The number of hydrogen-bond donors (Lipinski definition) is 1. The van der Waals surface area contributed by atoms with E-state index in [0.717, 1.165) is 21.5 Å². The molecule has 0 saturated carbocycles. The number of allylic oxidation sites excluding steroid dienone is 1. The summed E-state index contributed by atoms with van der Waals surface area (Å²) in [7, 11) is 0. The number of Topliss-reactive ketones (excluding diaryl/α,β-unsaturated/α-hetero) is 2. The number of hydrogen-bond acceptors (Lipinski definition) is 3. The van der Waals surface area contributed by atoms with E-state index in [0.29, 0.717) is 11.1 Å². The van der Waals surface area contributed by atoms with Crippen LogP contribution in [0.25, 0.3) is 27.6 Å². The zero-order valence-electron chi connectivity index (χ0n) is 11.0. The Bertz CT molecular complexity index is 980. The highest BCUT2D eigenvalue weighted by Gasteiger charge is 2.27. The molecule has 0 atom stereocenters. The first-order chi connectivity index (χ1) is 10.1. The number of carbonyl (C=O) groups excluding carboxylic acids is 2. The summed E-state index contributed by atoms with van der Waals surface area (Å²) < 4.78 is 0. The van der Waals surface area contributed by atoms with Gasteiger partial charge >= 0.3 is 0 Å². The molecule has 0 bridgehead atoms. The van der Waals surface area contributed by atoms with Crippen LogP contribution in [-0.2, 0) is 4.79 Å². The van der Waals surface area contributed by atoms with Crippen molar-refractivity contribution in [2.45, 2.75) is 0 Å². The van der Waals surface area contributed by atoms with Gasteiger partial charge in [-0.15, -0.1) is 0 Å². The van der Waals surface area contributed by atoms with Crippen molar-refractivity contribution in [3.63, 3.8) is 0 Å². The highest BCUT2D eigenvalue weighted by molar-refractivity contribution is 6.51. The van der Waals surface area contributed by atoms with Crippen molar-refractivity contribution in [3.05, 3.63) is 65.4 Å². The zero-order valence-corrected chi connectivity index (χ0v) is 11.0. The van der Waals surface area contributed by atoms with Gasteiger partial charge in [0.05, 0.1) is 0 Å². The van der Waals surface area contributed by atoms with Crippen molar-refractivity contribution < 1.29 is 14.7 Å². The molecule has 1 aliphatic rings. The summed E-state index contributed by atoms with van der Waals surface area (Å²) >= 11 is 0. The lowest BCUT2D eigenvalue weighted by Crippen LogP contribution is -2.21. The molecule has 0 heterocycles. The molecule has 3 aromatic carbocycles. The molecule has 1 aliphatic carbocycles. The van der Waals surface area contributed by atoms with Crippen molar-refractivity contribution in [2.75, 3.05) is 0 Å². The predicted molar refractivity (Wildman–Crippen MR) is 81.4 cm³/mol. The first kappa shape index (κ1) is 11.9. The second-order valence-corrected chi connectivity index (χ2v) is 5.17. The number of aliphatic hydroxyl groups excluding tert-OH is 1. The maximum atomic E-state index is 12.0. The SMILES string of the molecule is O=C1C(=O)c2cc3cc4ccccc4cc3cc2C=C1O. The largest absolute Gasteiger partial charge is 0.504 e. The van der Waals surface area contributed by atoms with E-state index in [1.807, 2.05) is 42.5 Å². The highest BCUT2D eigenvalue weighted by Crippen LogP contribution is 2.29. The van der Waals surface area contributed by atoms with Gasteiger partial charge in [-0.1, -0.05) is 24.3 Å². The summed E-state index contributed by atoms with van der Waals surface area (Å²) in [4.78, 5) is 23.6. The van der Waals surface area contributed by atoms with Crippen molar-refractivity contribution in [1.82, 2.24) is 0 Å². The van der Waals surface area contributed by atoms with E-state index in [1.165, 1.54) is 6.08 Å². The van der Waals surface area contributed by atoms with Gasteiger partial charge in [0.2, 0.25) is 5.78 Å². The van der Waals surface area contributed by atoms with Gasteiger partial charge in [0.1, 0.15) is 0 Å². The Morgan fingerprint density at radius 2 is 1.33 bits per heavy atom. The summed E-state index contributed by atoms with van der Waals surface area (Å²) in [5.41, 5.74) is 0.931. The first-order valence-electron chi connectivity index (χ1n) is 6.60. The third kappa shape index (κ3) is 1.68. The topological polar surface area (TPSA) is 54.4 Å². The van der Waals surface area contributed by atoms with E-state index in [1.54, 1.807) is 6.07 Å². The number of carbonyl (C=O) groups is 2. The third-order valence-electron chi connectivity index (χ3n) is 3.85. The maximum absolute atomic E-state index is 12.0. The quantitative estimate of drug-likeness (QED) is 0.503. The maximum Gasteiger partial charge on any atom is 0.267 e. The van der Waals surface area contributed by atoms with Crippen LogP contribution >= 0.6 is 0 Å². The minimum absolute atomic E-state index is 0.348. The van der Waals surface area contributed by atoms with Crippen LogP contribution in [0.5, 0.6) is 0 Å². The average molecular weight is 274 g/mol. The summed E-state index contributed by atoms with van der Waals surface area (Å²) in [6.07, 6.45) is 1.35. The smallest absolute Gasteiger partial charge is 0.267 e. The van der Waals surface area contributed by atoms with Crippen molar-refractivity contribution in [1.29, 1.82) is 0 Å². The van der Waals surface area contributed by atoms with E-state index in [2.05, 4.69) is 0 Å². The monoisotopic (exact) mass is 274 g/mol. The Kier molecular flexibility index (Phi) is 2.27. The molecule has 3 nitrogen and oxygen atoms in total. The molecular formula is C18H10O3. The minimum Gasteiger partial charge on any atom is -0.504 e. The normalized spacial score (nSPS) is 14.4. The Labute approximate surface area is 120 Å². The van der Waals surface area contributed by atoms with Gasteiger partial charge in [0.25, 0.3) is 5.78 Å². The molecule has 1 N–H and O–H groups in total. The molecule has 4 rings (SSSR count). The molecule has 21 heavy (non-hydrogen) atoms. The van der Waals surface area contributed by atoms with Crippen molar-refractivity contribution in [2.24, 2.45) is 0 Å². The average Bonchev–Trinajstić information content (AvgIpc) is 2.49. The van der Waals surface area contributed by atoms with Crippen molar-refractivity contribution in [3.8, 4) is 0 Å². The Hall–Kier alpha value is -2.94. The van der Waals surface area contributed by atoms with E-state index in [4.69, 9.17) is 0 Å². The van der Waals surface area contributed by atoms with Crippen LogP contribution in [0, 0.1) is 0 Å². The number of ketones is 2. The van der Waals surface area contributed by atoms with Crippen LogP contribution in [0.3, 0.4) is 0 Å². The molecule has 0 aromatic heterocycles. The molecule has 100 valence electrons. The molecule has 3 aromatic rings. The minimum atomic E-state index is -0.845. The molecular weight excluding hydrogens is 264 g/mol. The third-order valence-corrected chi connectivity index (χ3v) is 3.85. The number of aliphatic hydroxyl groups is 1. The Morgan fingerprint density at radius 1 is 0.714 bits per heavy atom. The summed E-state index contributed by atoms with van der Waals surface area (Å²) in [5, 5.41) is 13.6. The van der Waals surface area contributed by atoms with Gasteiger partial charge in [-0.3, -0.25) is 9.59 Å². The molecule has 0 spiro atoms. The lowest BCUT2D eigenvalue weighted by molar-refractivity contribution is -0.114. The molecule has 0 aliphatic heterocycles. The molecule has 0 fully saturated rings. The standard InChI is InChI=1S/C18H10O3/c19-16-9-14-7-12-5-10-3-1-2-4-11(10)6-13(12)8-15(14)17(20)18(16)21/h1-9,19H. The van der Waals surface area contributed by atoms with Gasteiger partial charge in [0, 0.05) is 5.56 Å². The zero-order chi connectivity index (χ0) is 14.6. The first-order valence-corrected chi connectivity index (χ1v) is 6.60. The second kappa shape index (κ2) is 4.03. The number of benzene rings is 3. The highest BCUT2D eigenvalue weighted by atomic mass is 16.3. The van der Waals surface area contributed by atoms with Crippen LogP contribution in [-0.4, -0.2) is 16.7 Å². The van der Waals surface area contributed by atoms with E-state index < -0.39 is 17.3 Å². The fourth-order valence-electron chi connectivity index (χ4n) is 2.78. The number of fused-ring (bicyclic) bond motifs is 3. The van der Waals surface area contributed by atoms with E-state index >= 15 is 0 Å². The van der Waals surface area contributed by atoms with E-state index in [9.17, 15) is 14.7 Å². The molecule has 0 radical (unpaired) electrons. The number of rotatable bonds is 0. The lowest BCUT2D eigenvalue weighted by atomic mass is 9.90. The van der Waals surface area contributed by atoms with Crippen molar-refractivity contribution >= 4 is 39.2 Å². The van der Waals surface area contributed by atoms with Crippen LogP contribution in [0.2, 0.25) is 0 Å². The second-order valence-electron chi connectivity index (χ2n) is 5.17.